The van der Waals surface area contributed by atoms with E-state index in [-0.39, 0.29) is 23.0 Å². The lowest BCUT2D eigenvalue weighted by molar-refractivity contribution is -0.384. The summed E-state index contributed by atoms with van der Waals surface area (Å²) in [6.45, 7) is 3.86. The molecule has 1 atom stereocenters. The van der Waals surface area contributed by atoms with Crippen molar-refractivity contribution >= 4 is 28.7 Å². The summed E-state index contributed by atoms with van der Waals surface area (Å²) in [5.41, 5.74) is 0.0799. The van der Waals surface area contributed by atoms with E-state index in [1.54, 1.807) is 11.3 Å². The van der Waals surface area contributed by atoms with Gasteiger partial charge < -0.3 is 10.4 Å². The molecule has 0 bridgehead atoms. The van der Waals surface area contributed by atoms with Crippen molar-refractivity contribution in [2.75, 3.05) is 5.32 Å². The summed E-state index contributed by atoms with van der Waals surface area (Å²) < 4.78 is 0. The highest BCUT2D eigenvalue weighted by atomic mass is 32.1. The molecule has 0 saturated heterocycles. The minimum absolute atomic E-state index is 0.0117. The lowest BCUT2D eigenvalue weighted by Gasteiger charge is -2.14. The van der Waals surface area contributed by atoms with Crippen LogP contribution in [0.1, 0.15) is 33.1 Å². The first kappa shape index (κ1) is 15.0. The third-order valence-corrected chi connectivity index (χ3v) is 4.18. The fourth-order valence-corrected chi connectivity index (χ4v) is 2.81. The Bertz CT molecular complexity index is 696. The van der Waals surface area contributed by atoms with Crippen LogP contribution >= 0.6 is 11.3 Å². The minimum atomic E-state index is -1.12. The molecular weight excluding hydrogens is 292 g/mol. The maximum atomic E-state index is 11.0. The number of anilines is 1. The van der Waals surface area contributed by atoms with Gasteiger partial charge in [-0.1, -0.05) is 0 Å². The Morgan fingerprint density at radius 1 is 1.38 bits per heavy atom. The van der Waals surface area contributed by atoms with Crippen molar-refractivity contribution in [2.24, 2.45) is 0 Å². The topological polar surface area (TPSA) is 92.5 Å². The van der Waals surface area contributed by atoms with E-state index in [2.05, 4.69) is 5.32 Å². The molecule has 2 aromatic rings. The number of nitro groups is 1. The van der Waals surface area contributed by atoms with E-state index in [1.165, 1.54) is 18.2 Å². The maximum Gasteiger partial charge on any atom is 0.335 e. The average Bonchev–Trinajstić information content (AvgIpc) is 2.85. The van der Waals surface area contributed by atoms with Crippen molar-refractivity contribution in [3.63, 3.8) is 0 Å². The number of nitrogens with one attached hydrogen (secondary N) is 1. The van der Waals surface area contributed by atoms with E-state index < -0.39 is 10.9 Å². The molecule has 0 amide bonds. The number of hydrogen-bond acceptors (Lipinski definition) is 5. The van der Waals surface area contributed by atoms with Crippen LogP contribution in [-0.2, 0) is 0 Å². The van der Waals surface area contributed by atoms with Crippen LogP contribution in [-0.4, -0.2) is 16.0 Å². The molecule has 7 heteroatoms. The SMILES string of the molecule is Cc1ccc(C(C)Nc2cc(C(=O)O)ccc2[N+](=O)[O-])s1. The van der Waals surface area contributed by atoms with Crippen LogP contribution < -0.4 is 5.32 Å². The molecule has 0 aliphatic heterocycles. The van der Waals surface area contributed by atoms with Crippen LogP contribution in [0.4, 0.5) is 11.4 Å². The van der Waals surface area contributed by atoms with Crippen molar-refractivity contribution in [2.45, 2.75) is 19.9 Å². The van der Waals surface area contributed by atoms with Crippen molar-refractivity contribution in [1.82, 2.24) is 0 Å². The third-order valence-electron chi connectivity index (χ3n) is 3.00. The van der Waals surface area contributed by atoms with Crippen LogP contribution in [0.3, 0.4) is 0 Å². The molecule has 1 heterocycles. The molecule has 21 heavy (non-hydrogen) atoms. The van der Waals surface area contributed by atoms with Gasteiger partial charge in [0.1, 0.15) is 5.69 Å². The lowest BCUT2D eigenvalue weighted by atomic mass is 10.1. The molecule has 2 rings (SSSR count). The van der Waals surface area contributed by atoms with Gasteiger partial charge in [0, 0.05) is 15.8 Å². The Balaban J connectivity index is 2.34. The normalized spacial score (nSPS) is 11.9. The Labute approximate surface area is 125 Å². The zero-order chi connectivity index (χ0) is 15.6. The molecule has 0 aliphatic rings. The van der Waals surface area contributed by atoms with Crippen LogP contribution in [0, 0.1) is 17.0 Å². The van der Waals surface area contributed by atoms with E-state index in [4.69, 9.17) is 5.11 Å². The number of aromatic carboxylic acids is 1. The second-order valence-corrected chi connectivity index (χ2v) is 5.93. The summed E-state index contributed by atoms with van der Waals surface area (Å²) in [6.07, 6.45) is 0. The van der Waals surface area contributed by atoms with Gasteiger partial charge in [-0.2, -0.15) is 0 Å². The lowest BCUT2D eigenvalue weighted by Crippen LogP contribution is -2.08. The van der Waals surface area contributed by atoms with Gasteiger partial charge in [0.05, 0.1) is 16.5 Å². The van der Waals surface area contributed by atoms with Crippen LogP contribution in [0.5, 0.6) is 0 Å². The van der Waals surface area contributed by atoms with Gasteiger partial charge in [-0.05, 0) is 38.1 Å². The second-order valence-electron chi connectivity index (χ2n) is 4.61. The Hall–Kier alpha value is -2.41. The first-order valence-corrected chi connectivity index (χ1v) is 7.04. The van der Waals surface area contributed by atoms with Gasteiger partial charge in [0.15, 0.2) is 0 Å². The predicted octanol–water partition coefficient (Wildman–Crippen LogP) is 3.84. The highest BCUT2D eigenvalue weighted by molar-refractivity contribution is 7.12. The van der Waals surface area contributed by atoms with E-state index in [0.29, 0.717) is 0 Å². The van der Waals surface area contributed by atoms with Crippen molar-refractivity contribution in [3.05, 3.63) is 55.8 Å². The number of rotatable bonds is 5. The van der Waals surface area contributed by atoms with E-state index >= 15 is 0 Å². The number of nitrogens with zero attached hydrogens (tertiary/aromatic N) is 1. The highest BCUT2D eigenvalue weighted by Crippen LogP contribution is 2.31. The molecular formula is C14H14N2O4S. The molecule has 110 valence electrons. The van der Waals surface area contributed by atoms with Gasteiger partial charge in [-0.3, -0.25) is 10.1 Å². The number of benzene rings is 1. The molecule has 0 fully saturated rings. The fraction of sp³-hybridized carbons (Fsp3) is 0.214. The largest absolute Gasteiger partial charge is 0.478 e. The van der Waals surface area contributed by atoms with E-state index in [1.807, 2.05) is 26.0 Å². The van der Waals surface area contributed by atoms with Gasteiger partial charge in [0.2, 0.25) is 0 Å². The first-order chi connectivity index (χ1) is 9.88. The number of aryl methyl sites for hydroxylation is 1. The number of carboxylic acid groups (broad SMARTS) is 1. The summed E-state index contributed by atoms with van der Waals surface area (Å²) >= 11 is 1.59. The summed E-state index contributed by atoms with van der Waals surface area (Å²) in [4.78, 5) is 23.7. The Morgan fingerprint density at radius 2 is 2.10 bits per heavy atom. The standard InChI is InChI=1S/C14H14N2O4S/c1-8-3-6-13(21-8)9(2)15-11-7-10(14(17)18)4-5-12(11)16(19)20/h3-7,9,15H,1-2H3,(H,17,18). The average molecular weight is 306 g/mol. The van der Waals surface area contributed by atoms with Gasteiger partial charge in [-0.15, -0.1) is 11.3 Å². The summed E-state index contributed by atoms with van der Waals surface area (Å²) in [6, 6.07) is 7.50. The Kier molecular flexibility index (Phi) is 4.23. The van der Waals surface area contributed by atoms with Crippen LogP contribution in [0.2, 0.25) is 0 Å². The quantitative estimate of drug-likeness (QED) is 0.646. The molecule has 6 nitrogen and oxygen atoms in total. The molecule has 2 N–H and O–H groups in total. The maximum absolute atomic E-state index is 11.0. The van der Waals surface area contributed by atoms with Crippen molar-refractivity contribution in [1.29, 1.82) is 0 Å². The molecule has 1 aromatic carbocycles. The number of nitro benzene ring substituents is 1. The molecule has 0 aliphatic carbocycles. The monoisotopic (exact) mass is 306 g/mol. The Morgan fingerprint density at radius 3 is 2.62 bits per heavy atom. The minimum Gasteiger partial charge on any atom is -0.478 e. The zero-order valence-corrected chi connectivity index (χ0v) is 12.3. The summed E-state index contributed by atoms with van der Waals surface area (Å²) in [5.74, 6) is -1.12. The first-order valence-electron chi connectivity index (χ1n) is 6.23. The van der Waals surface area contributed by atoms with Crippen LogP contribution in [0.15, 0.2) is 30.3 Å². The number of thiophene rings is 1. The third kappa shape index (κ3) is 3.38. The number of carbonyl (C=O) groups is 1. The molecule has 0 spiro atoms. The van der Waals surface area contributed by atoms with E-state index in [0.717, 1.165) is 9.75 Å². The summed E-state index contributed by atoms with van der Waals surface area (Å²) in [7, 11) is 0. The van der Waals surface area contributed by atoms with E-state index in [9.17, 15) is 14.9 Å². The molecule has 0 radical (unpaired) electrons. The molecule has 0 saturated carbocycles. The predicted molar refractivity (Wildman–Crippen MR) is 81.1 cm³/mol. The summed E-state index contributed by atoms with van der Waals surface area (Å²) in [5, 5.41) is 23.1. The fourth-order valence-electron chi connectivity index (χ4n) is 1.93. The van der Waals surface area contributed by atoms with Gasteiger partial charge >= 0.3 is 5.97 Å². The highest BCUT2D eigenvalue weighted by Gasteiger charge is 2.19. The van der Waals surface area contributed by atoms with Crippen LogP contribution in [0.25, 0.3) is 0 Å². The molecule has 1 aromatic heterocycles. The zero-order valence-electron chi connectivity index (χ0n) is 11.5. The smallest absolute Gasteiger partial charge is 0.335 e. The molecule has 1 unspecified atom stereocenters. The van der Waals surface area contributed by atoms with Gasteiger partial charge in [0.25, 0.3) is 5.69 Å². The van der Waals surface area contributed by atoms with Gasteiger partial charge in [-0.25, -0.2) is 4.79 Å². The van der Waals surface area contributed by atoms with Crippen molar-refractivity contribution in [3.8, 4) is 0 Å². The van der Waals surface area contributed by atoms with Crippen molar-refractivity contribution < 1.29 is 14.8 Å². The number of hydrogen-bond donors (Lipinski definition) is 2. The second kappa shape index (κ2) is 5.92. The number of carboxylic acids is 1.